The topological polar surface area (TPSA) is 47.9 Å². The predicted octanol–water partition coefficient (Wildman–Crippen LogP) is 4.76. The van der Waals surface area contributed by atoms with Gasteiger partial charge in [0.05, 0.1) is 5.69 Å². The van der Waals surface area contributed by atoms with Crippen LogP contribution in [0.5, 0.6) is 5.75 Å². The second kappa shape index (κ2) is 7.11. The average molecular weight is 359 g/mol. The molecular weight excluding hydrogens is 343 g/mol. The van der Waals surface area contributed by atoms with Gasteiger partial charge in [0.1, 0.15) is 11.4 Å². The zero-order valence-corrected chi connectivity index (χ0v) is 14.2. The lowest BCUT2D eigenvalue weighted by atomic mass is 10.0. The number of aryl methyl sites for hydroxylation is 2. The van der Waals surface area contributed by atoms with Gasteiger partial charge in [-0.1, -0.05) is 18.2 Å². The van der Waals surface area contributed by atoms with Crippen molar-refractivity contribution in [3.05, 3.63) is 59.9 Å². The fourth-order valence-corrected chi connectivity index (χ4v) is 2.45. The van der Waals surface area contributed by atoms with Crippen LogP contribution in [0.1, 0.15) is 11.3 Å². The van der Waals surface area contributed by atoms with E-state index < -0.39 is 12.8 Å². The van der Waals surface area contributed by atoms with Gasteiger partial charge in [0.25, 0.3) is 0 Å². The number of benzene rings is 1. The first-order valence-corrected chi connectivity index (χ1v) is 7.90. The molecule has 0 saturated heterocycles. The van der Waals surface area contributed by atoms with E-state index in [2.05, 4.69) is 15.0 Å². The maximum atomic E-state index is 12.5. The lowest BCUT2D eigenvalue weighted by molar-refractivity contribution is -0.153. The molecular formula is C19H16F3N3O. The molecule has 2 aromatic heterocycles. The van der Waals surface area contributed by atoms with E-state index in [9.17, 15) is 13.2 Å². The molecule has 0 aliphatic carbocycles. The molecule has 7 heteroatoms. The summed E-state index contributed by atoms with van der Waals surface area (Å²) in [5, 5.41) is 0. The van der Waals surface area contributed by atoms with Crippen LogP contribution in [0.25, 0.3) is 22.8 Å². The third-order valence-corrected chi connectivity index (χ3v) is 3.65. The minimum Gasteiger partial charge on any atom is -0.483 e. The highest BCUT2D eigenvalue weighted by atomic mass is 19.4. The molecule has 0 aliphatic rings. The molecule has 0 amide bonds. The predicted molar refractivity (Wildman–Crippen MR) is 91.7 cm³/mol. The zero-order chi connectivity index (χ0) is 18.7. The van der Waals surface area contributed by atoms with Crippen molar-refractivity contribution in [2.24, 2.45) is 0 Å². The largest absolute Gasteiger partial charge is 0.483 e. The van der Waals surface area contributed by atoms with Gasteiger partial charge in [0, 0.05) is 17.5 Å². The van der Waals surface area contributed by atoms with Gasteiger partial charge in [0.2, 0.25) is 0 Å². The third-order valence-electron chi connectivity index (χ3n) is 3.65. The molecule has 0 aliphatic heterocycles. The number of nitrogens with zero attached hydrogens (tertiary/aromatic N) is 3. The normalized spacial score (nSPS) is 11.4. The summed E-state index contributed by atoms with van der Waals surface area (Å²) in [6.45, 7) is 2.33. The van der Waals surface area contributed by atoms with Gasteiger partial charge in [0.15, 0.2) is 12.4 Å². The summed E-state index contributed by atoms with van der Waals surface area (Å²) >= 11 is 0. The van der Waals surface area contributed by atoms with E-state index in [0.29, 0.717) is 22.8 Å². The summed E-state index contributed by atoms with van der Waals surface area (Å²) in [5.41, 5.74) is 3.17. The molecule has 0 bridgehead atoms. The Bertz CT molecular complexity index is 926. The maximum Gasteiger partial charge on any atom is 0.422 e. The highest BCUT2D eigenvalue weighted by molar-refractivity contribution is 5.72. The highest BCUT2D eigenvalue weighted by Gasteiger charge is 2.29. The van der Waals surface area contributed by atoms with Gasteiger partial charge in [-0.2, -0.15) is 13.2 Å². The van der Waals surface area contributed by atoms with Crippen LogP contribution in [0.15, 0.2) is 48.7 Å². The standard InChI is InChI=1S/C19H16F3N3O/c1-12-7-8-15(18-23-10-9-13(2)24-18)25-17(12)14-5-3-4-6-16(14)26-11-19(20,21)22/h3-10H,11H2,1-2H3. The van der Waals surface area contributed by atoms with Crippen LogP contribution < -0.4 is 4.74 Å². The third kappa shape index (κ3) is 4.17. The average Bonchev–Trinajstić information content (AvgIpc) is 2.60. The monoisotopic (exact) mass is 359 g/mol. The molecule has 0 N–H and O–H groups in total. The van der Waals surface area contributed by atoms with Crippen molar-refractivity contribution in [2.75, 3.05) is 6.61 Å². The molecule has 0 radical (unpaired) electrons. The van der Waals surface area contributed by atoms with E-state index in [4.69, 9.17) is 4.74 Å². The van der Waals surface area contributed by atoms with Crippen LogP contribution in [0.4, 0.5) is 13.2 Å². The number of hydrogen-bond donors (Lipinski definition) is 0. The Balaban J connectivity index is 2.03. The lowest BCUT2D eigenvalue weighted by Crippen LogP contribution is -2.19. The van der Waals surface area contributed by atoms with Crippen molar-refractivity contribution in [1.29, 1.82) is 0 Å². The maximum absolute atomic E-state index is 12.5. The van der Waals surface area contributed by atoms with Gasteiger partial charge in [-0.25, -0.2) is 15.0 Å². The Morgan fingerprint density at radius 1 is 0.962 bits per heavy atom. The van der Waals surface area contributed by atoms with E-state index in [1.165, 1.54) is 6.07 Å². The quantitative estimate of drug-likeness (QED) is 0.674. The molecule has 0 spiro atoms. The number of ether oxygens (including phenoxy) is 1. The second-order valence-electron chi connectivity index (χ2n) is 5.78. The van der Waals surface area contributed by atoms with Gasteiger partial charge in [-0.05, 0) is 43.7 Å². The van der Waals surface area contributed by atoms with E-state index in [0.717, 1.165) is 11.3 Å². The van der Waals surface area contributed by atoms with E-state index in [-0.39, 0.29) is 5.75 Å². The first kappa shape index (κ1) is 17.8. The van der Waals surface area contributed by atoms with Gasteiger partial charge >= 0.3 is 6.18 Å². The minimum atomic E-state index is -4.41. The van der Waals surface area contributed by atoms with Crippen LogP contribution in [0, 0.1) is 13.8 Å². The summed E-state index contributed by atoms with van der Waals surface area (Å²) in [7, 11) is 0. The number of para-hydroxylation sites is 1. The zero-order valence-electron chi connectivity index (χ0n) is 14.2. The number of pyridine rings is 1. The van der Waals surface area contributed by atoms with Gasteiger partial charge < -0.3 is 4.74 Å². The Labute approximate surface area is 148 Å². The summed E-state index contributed by atoms with van der Waals surface area (Å²) in [5.74, 6) is 0.586. The Morgan fingerprint density at radius 2 is 1.73 bits per heavy atom. The molecule has 134 valence electrons. The minimum absolute atomic E-state index is 0.128. The summed E-state index contributed by atoms with van der Waals surface area (Å²) in [6.07, 6.45) is -2.77. The van der Waals surface area contributed by atoms with E-state index in [1.807, 2.05) is 19.9 Å². The fourth-order valence-electron chi connectivity index (χ4n) is 2.45. The van der Waals surface area contributed by atoms with Crippen molar-refractivity contribution in [2.45, 2.75) is 20.0 Å². The number of aromatic nitrogens is 3. The Hall–Kier alpha value is -2.96. The van der Waals surface area contributed by atoms with Crippen LogP contribution in [-0.2, 0) is 0 Å². The van der Waals surface area contributed by atoms with E-state index in [1.54, 1.807) is 36.5 Å². The number of alkyl halides is 3. The van der Waals surface area contributed by atoms with Crippen LogP contribution in [-0.4, -0.2) is 27.7 Å². The molecule has 4 nitrogen and oxygen atoms in total. The summed E-state index contributed by atoms with van der Waals surface area (Å²) in [6, 6.07) is 11.9. The molecule has 0 unspecified atom stereocenters. The molecule has 3 aromatic rings. The SMILES string of the molecule is Cc1ccnc(-c2ccc(C)c(-c3ccccc3OCC(F)(F)F)n2)n1. The van der Waals surface area contributed by atoms with Gasteiger partial charge in [-0.3, -0.25) is 0 Å². The molecule has 0 atom stereocenters. The first-order chi connectivity index (χ1) is 12.3. The molecule has 0 fully saturated rings. The fraction of sp³-hybridized carbons (Fsp3) is 0.211. The van der Waals surface area contributed by atoms with Crippen LogP contribution in [0.2, 0.25) is 0 Å². The smallest absolute Gasteiger partial charge is 0.422 e. The summed E-state index contributed by atoms with van der Waals surface area (Å²) in [4.78, 5) is 13.1. The Kier molecular flexibility index (Phi) is 4.88. The van der Waals surface area contributed by atoms with Crippen molar-refractivity contribution in [3.63, 3.8) is 0 Å². The molecule has 1 aromatic carbocycles. The van der Waals surface area contributed by atoms with Crippen molar-refractivity contribution in [3.8, 4) is 28.5 Å². The highest BCUT2D eigenvalue weighted by Crippen LogP contribution is 2.33. The summed E-state index contributed by atoms with van der Waals surface area (Å²) < 4.78 is 42.5. The Morgan fingerprint density at radius 3 is 2.46 bits per heavy atom. The van der Waals surface area contributed by atoms with Crippen molar-refractivity contribution < 1.29 is 17.9 Å². The van der Waals surface area contributed by atoms with E-state index >= 15 is 0 Å². The van der Waals surface area contributed by atoms with Crippen molar-refractivity contribution >= 4 is 0 Å². The number of rotatable bonds is 4. The van der Waals surface area contributed by atoms with Crippen LogP contribution >= 0.6 is 0 Å². The van der Waals surface area contributed by atoms with Crippen LogP contribution in [0.3, 0.4) is 0 Å². The van der Waals surface area contributed by atoms with Crippen molar-refractivity contribution in [1.82, 2.24) is 15.0 Å². The molecule has 0 saturated carbocycles. The first-order valence-electron chi connectivity index (χ1n) is 7.90. The number of hydrogen-bond acceptors (Lipinski definition) is 4. The molecule has 3 rings (SSSR count). The molecule has 2 heterocycles. The molecule has 26 heavy (non-hydrogen) atoms. The number of halogens is 3. The van der Waals surface area contributed by atoms with Gasteiger partial charge in [-0.15, -0.1) is 0 Å². The second-order valence-corrected chi connectivity index (χ2v) is 5.78. The lowest BCUT2D eigenvalue weighted by Gasteiger charge is -2.14.